The van der Waals surface area contributed by atoms with E-state index in [2.05, 4.69) is 10.2 Å². The minimum Gasteiger partial charge on any atom is -0.481 e. The Kier molecular flexibility index (Phi) is 3.89. The van der Waals surface area contributed by atoms with Gasteiger partial charge in [0.25, 0.3) is 5.89 Å². The third-order valence-corrected chi connectivity index (χ3v) is 3.50. The molecule has 6 nitrogen and oxygen atoms in total. The lowest BCUT2D eigenvalue weighted by Crippen LogP contribution is -2.19. The van der Waals surface area contributed by atoms with Crippen molar-refractivity contribution in [1.29, 1.82) is 0 Å². The van der Waals surface area contributed by atoms with Crippen molar-refractivity contribution in [3.05, 3.63) is 23.0 Å². The molecule has 2 rings (SSSR count). The second kappa shape index (κ2) is 5.35. The van der Waals surface area contributed by atoms with E-state index in [1.54, 1.807) is 0 Å². The van der Waals surface area contributed by atoms with Gasteiger partial charge in [-0.3, -0.25) is 4.79 Å². The Morgan fingerprint density at radius 1 is 1.14 bits per heavy atom. The molecule has 0 aromatic carbocycles. The first kappa shape index (κ1) is 15.3. The lowest BCUT2D eigenvalue weighted by Gasteiger charge is -2.19. The largest absolute Gasteiger partial charge is 0.481 e. The van der Waals surface area contributed by atoms with E-state index in [0.29, 0.717) is 18.2 Å². The molecule has 0 aliphatic carbocycles. The van der Waals surface area contributed by atoms with Crippen LogP contribution in [0.5, 0.6) is 0 Å². The maximum atomic E-state index is 10.8. The van der Waals surface area contributed by atoms with Crippen molar-refractivity contribution in [3.8, 4) is 11.5 Å². The van der Waals surface area contributed by atoms with Gasteiger partial charge in [0.15, 0.2) is 0 Å². The average Bonchev–Trinajstić information content (AvgIpc) is 2.83. The molecule has 2 heterocycles. The Balaban J connectivity index is 2.24. The van der Waals surface area contributed by atoms with Gasteiger partial charge in [-0.2, -0.15) is 0 Å². The highest BCUT2D eigenvalue weighted by Gasteiger charge is 2.26. The van der Waals surface area contributed by atoms with E-state index in [1.807, 2.05) is 34.6 Å². The Morgan fingerprint density at radius 3 is 2.33 bits per heavy atom. The maximum Gasteiger partial charge on any atom is 0.303 e. The summed E-state index contributed by atoms with van der Waals surface area (Å²) >= 11 is 0. The Bertz CT molecular complexity index is 667. The maximum absolute atomic E-state index is 10.8. The van der Waals surface area contributed by atoms with Crippen LogP contribution < -0.4 is 0 Å². The SMILES string of the molecule is Cc1oc(C)c(-c2nnc(CC(C)(C)CC(=O)O)o2)c1C. The average molecular weight is 292 g/mol. The highest BCUT2D eigenvalue weighted by atomic mass is 16.4. The molecule has 2 aromatic heterocycles. The van der Waals surface area contributed by atoms with Crippen LogP contribution in [0.15, 0.2) is 8.83 Å². The Morgan fingerprint density at radius 2 is 1.81 bits per heavy atom. The summed E-state index contributed by atoms with van der Waals surface area (Å²) in [7, 11) is 0. The van der Waals surface area contributed by atoms with Crippen molar-refractivity contribution in [1.82, 2.24) is 10.2 Å². The minimum absolute atomic E-state index is 0.0492. The van der Waals surface area contributed by atoms with Crippen LogP contribution in [0.4, 0.5) is 0 Å². The molecule has 6 heteroatoms. The van der Waals surface area contributed by atoms with Gasteiger partial charge in [0.05, 0.1) is 12.0 Å². The summed E-state index contributed by atoms with van der Waals surface area (Å²) in [5.41, 5.74) is 1.36. The highest BCUT2D eigenvalue weighted by molar-refractivity contribution is 5.67. The number of hydrogen-bond acceptors (Lipinski definition) is 5. The summed E-state index contributed by atoms with van der Waals surface area (Å²) in [5, 5.41) is 17.0. The van der Waals surface area contributed by atoms with Crippen LogP contribution >= 0.6 is 0 Å². The fourth-order valence-electron chi connectivity index (χ4n) is 2.42. The molecule has 0 aliphatic heterocycles. The first-order valence-electron chi connectivity index (χ1n) is 6.81. The molecule has 0 bridgehead atoms. The molecule has 21 heavy (non-hydrogen) atoms. The molecular formula is C15H20N2O4. The molecule has 0 fully saturated rings. The first-order valence-corrected chi connectivity index (χ1v) is 6.81. The second-order valence-corrected chi connectivity index (χ2v) is 6.13. The zero-order valence-corrected chi connectivity index (χ0v) is 13.0. The van der Waals surface area contributed by atoms with Gasteiger partial charge in [0.1, 0.15) is 11.5 Å². The first-order chi connectivity index (χ1) is 9.69. The van der Waals surface area contributed by atoms with E-state index >= 15 is 0 Å². The van der Waals surface area contributed by atoms with E-state index in [0.717, 1.165) is 22.6 Å². The Hall–Kier alpha value is -2.11. The fraction of sp³-hybridized carbons (Fsp3) is 0.533. The quantitative estimate of drug-likeness (QED) is 0.909. The van der Waals surface area contributed by atoms with Crippen molar-refractivity contribution in [2.24, 2.45) is 5.41 Å². The predicted molar refractivity (Wildman–Crippen MR) is 75.9 cm³/mol. The van der Waals surface area contributed by atoms with Gasteiger partial charge in [-0.25, -0.2) is 0 Å². The van der Waals surface area contributed by atoms with Gasteiger partial charge >= 0.3 is 5.97 Å². The van der Waals surface area contributed by atoms with Crippen LogP contribution in [0.1, 0.15) is 43.2 Å². The number of aromatic nitrogens is 2. The summed E-state index contributed by atoms with van der Waals surface area (Å²) < 4.78 is 11.2. The van der Waals surface area contributed by atoms with Gasteiger partial charge in [-0.1, -0.05) is 13.8 Å². The summed E-state index contributed by atoms with van der Waals surface area (Å²) in [6.07, 6.45) is 0.467. The van der Waals surface area contributed by atoms with E-state index < -0.39 is 11.4 Å². The standard InChI is InChI=1S/C15H20N2O4/c1-8-9(2)20-10(3)13(8)14-17-16-11(21-14)6-15(4,5)7-12(18)19/h6-7H2,1-5H3,(H,18,19). The van der Waals surface area contributed by atoms with Crippen LogP contribution in [0.25, 0.3) is 11.5 Å². The number of furan rings is 1. The van der Waals surface area contributed by atoms with Gasteiger partial charge in [0.2, 0.25) is 5.89 Å². The van der Waals surface area contributed by atoms with Gasteiger partial charge in [-0.05, 0) is 26.2 Å². The molecule has 0 amide bonds. The van der Waals surface area contributed by atoms with Crippen LogP contribution in [0.2, 0.25) is 0 Å². The molecule has 1 N–H and O–H groups in total. The molecule has 0 unspecified atom stereocenters. The topological polar surface area (TPSA) is 89.4 Å². The number of carboxylic acids is 1. The smallest absolute Gasteiger partial charge is 0.303 e. The van der Waals surface area contributed by atoms with Gasteiger partial charge in [0, 0.05) is 12.0 Å². The fourth-order valence-corrected chi connectivity index (χ4v) is 2.42. The molecule has 0 atom stereocenters. The molecule has 0 saturated heterocycles. The highest BCUT2D eigenvalue weighted by Crippen LogP contribution is 2.32. The zero-order chi connectivity index (χ0) is 15.8. The molecule has 0 radical (unpaired) electrons. The number of carbonyl (C=O) groups is 1. The molecule has 2 aromatic rings. The number of carboxylic acid groups (broad SMARTS) is 1. The monoisotopic (exact) mass is 292 g/mol. The molecule has 0 spiro atoms. The predicted octanol–water partition coefficient (Wildman–Crippen LogP) is 3.30. The number of aliphatic carboxylic acids is 1. The Labute approximate surface area is 123 Å². The van der Waals surface area contributed by atoms with Crippen molar-refractivity contribution < 1.29 is 18.7 Å². The number of rotatable bonds is 5. The molecular weight excluding hydrogens is 272 g/mol. The van der Waals surface area contributed by atoms with Crippen LogP contribution in [-0.4, -0.2) is 21.3 Å². The van der Waals surface area contributed by atoms with Crippen molar-refractivity contribution in [2.45, 2.75) is 47.5 Å². The third-order valence-electron chi connectivity index (χ3n) is 3.50. The lowest BCUT2D eigenvalue weighted by molar-refractivity contribution is -0.139. The van der Waals surface area contributed by atoms with Crippen molar-refractivity contribution in [2.75, 3.05) is 0 Å². The summed E-state index contributed by atoms with van der Waals surface area (Å²) in [6, 6.07) is 0. The van der Waals surface area contributed by atoms with Crippen molar-refractivity contribution in [3.63, 3.8) is 0 Å². The van der Waals surface area contributed by atoms with Gasteiger partial charge in [-0.15, -0.1) is 10.2 Å². The van der Waals surface area contributed by atoms with Crippen LogP contribution in [0, 0.1) is 26.2 Å². The molecule has 0 saturated carbocycles. The number of hydrogen-bond donors (Lipinski definition) is 1. The minimum atomic E-state index is -0.836. The molecule has 114 valence electrons. The normalized spacial score (nSPS) is 11.9. The summed E-state index contributed by atoms with van der Waals surface area (Å²) in [4.78, 5) is 10.8. The van der Waals surface area contributed by atoms with Crippen LogP contribution in [0.3, 0.4) is 0 Å². The van der Waals surface area contributed by atoms with E-state index in [1.165, 1.54) is 0 Å². The molecule has 0 aliphatic rings. The van der Waals surface area contributed by atoms with E-state index in [-0.39, 0.29) is 6.42 Å². The third kappa shape index (κ3) is 3.32. The second-order valence-electron chi connectivity index (χ2n) is 6.13. The number of aryl methyl sites for hydroxylation is 2. The summed E-state index contributed by atoms with van der Waals surface area (Å²) in [6.45, 7) is 9.42. The van der Waals surface area contributed by atoms with Crippen molar-refractivity contribution >= 4 is 5.97 Å². The van der Waals surface area contributed by atoms with E-state index in [9.17, 15) is 4.79 Å². The van der Waals surface area contributed by atoms with Crippen LogP contribution in [-0.2, 0) is 11.2 Å². The van der Waals surface area contributed by atoms with E-state index in [4.69, 9.17) is 13.9 Å². The summed E-state index contributed by atoms with van der Waals surface area (Å²) in [5.74, 6) is 1.59. The lowest BCUT2D eigenvalue weighted by atomic mass is 9.86. The van der Waals surface area contributed by atoms with Gasteiger partial charge < -0.3 is 13.9 Å². The zero-order valence-electron chi connectivity index (χ0n) is 13.0. The number of nitrogens with zero attached hydrogens (tertiary/aromatic N) is 2.